The molecule has 13 heteroatoms. The first-order chi connectivity index (χ1) is 24.8. The van der Waals surface area contributed by atoms with Crippen molar-refractivity contribution in [3.8, 4) is 22.4 Å². The number of carboxylic acid groups (broad SMARTS) is 1. The predicted molar refractivity (Wildman–Crippen MR) is 203 cm³/mol. The summed E-state index contributed by atoms with van der Waals surface area (Å²) in [6.45, 7) is 14.5. The fourth-order valence-corrected chi connectivity index (χ4v) is 5.90. The minimum absolute atomic E-state index is 0.125. The van der Waals surface area contributed by atoms with Gasteiger partial charge in [-0.15, -0.1) is 10.2 Å². The summed E-state index contributed by atoms with van der Waals surface area (Å²) < 4.78 is 7.19. The van der Waals surface area contributed by atoms with Crippen molar-refractivity contribution >= 4 is 34.6 Å². The molecule has 280 valence electrons. The molecule has 3 aromatic heterocycles. The Kier molecular flexibility index (Phi) is 11.1. The van der Waals surface area contributed by atoms with Crippen LogP contribution in [0.5, 0.6) is 0 Å². The fraction of sp³-hybridized carbons (Fsp3) is 0.400. The van der Waals surface area contributed by atoms with Gasteiger partial charge in [0.25, 0.3) is 0 Å². The molecular formula is C40H49N7O6. The van der Waals surface area contributed by atoms with E-state index in [9.17, 15) is 24.6 Å². The van der Waals surface area contributed by atoms with E-state index in [-0.39, 0.29) is 38.7 Å². The molecule has 0 radical (unpaired) electrons. The number of aromatic nitrogens is 4. The number of nitrogens with one attached hydrogen (secondary N) is 1. The molecule has 2 aromatic carbocycles. The summed E-state index contributed by atoms with van der Waals surface area (Å²) in [6.07, 6.45) is 0.114. The third kappa shape index (κ3) is 9.46. The molecule has 0 saturated carbocycles. The third-order valence-electron chi connectivity index (χ3n) is 8.65. The van der Waals surface area contributed by atoms with Gasteiger partial charge in [-0.05, 0) is 64.8 Å². The Balaban J connectivity index is 1.48. The Hall–Kier alpha value is -5.56. The molecule has 5 rings (SSSR count). The average molecular weight is 724 g/mol. The molecule has 0 aliphatic carbocycles. The summed E-state index contributed by atoms with van der Waals surface area (Å²) in [5.74, 6) is 0.191. The van der Waals surface area contributed by atoms with Crippen LogP contribution in [0.15, 0.2) is 72.9 Å². The van der Waals surface area contributed by atoms with Crippen molar-refractivity contribution in [2.24, 2.45) is 5.41 Å². The van der Waals surface area contributed by atoms with E-state index in [1.807, 2.05) is 85.1 Å². The molecule has 3 amide bonds. The third-order valence-corrected chi connectivity index (χ3v) is 8.65. The first kappa shape index (κ1) is 38.7. The van der Waals surface area contributed by atoms with Gasteiger partial charge < -0.3 is 25.2 Å². The standard InChI is InChI=1S/C40H49N7O6/c1-38(2,3)47(37(51)52)23-33(49)45(24-40(7,8)25-48)22-26-14-16-28(17-15-26)34-29(27-12-10-9-11-13-27)20-30-31(42-34)18-19-46-32(43-44-35(30)46)21-41-36(50)53-39(4,5)6/h9-20,48H,21-25H2,1-8H3,(H,41,50)(H,51,52). The number of hydrogen-bond acceptors (Lipinski definition) is 8. The van der Waals surface area contributed by atoms with Crippen molar-refractivity contribution in [3.05, 3.63) is 84.3 Å². The van der Waals surface area contributed by atoms with Crippen LogP contribution in [0.3, 0.4) is 0 Å². The van der Waals surface area contributed by atoms with Crippen molar-refractivity contribution in [3.63, 3.8) is 0 Å². The molecule has 3 heterocycles. The molecule has 0 aliphatic rings. The number of carbonyl (C=O) groups excluding carboxylic acids is 2. The van der Waals surface area contributed by atoms with Crippen LogP contribution in [0.4, 0.5) is 9.59 Å². The number of pyridine rings is 2. The quantitative estimate of drug-likeness (QED) is 0.134. The molecule has 0 spiro atoms. The van der Waals surface area contributed by atoms with Crippen LogP contribution in [-0.2, 0) is 22.6 Å². The van der Waals surface area contributed by atoms with Crippen molar-refractivity contribution in [1.29, 1.82) is 0 Å². The molecule has 0 fully saturated rings. The van der Waals surface area contributed by atoms with Gasteiger partial charge in [-0.3, -0.25) is 14.1 Å². The summed E-state index contributed by atoms with van der Waals surface area (Å²) in [5, 5.41) is 32.2. The summed E-state index contributed by atoms with van der Waals surface area (Å²) in [5.41, 5.74) is 3.60. The van der Waals surface area contributed by atoms with Gasteiger partial charge in [0.1, 0.15) is 12.1 Å². The number of alkyl carbamates (subject to hydrolysis) is 1. The minimum Gasteiger partial charge on any atom is -0.465 e. The maximum atomic E-state index is 13.6. The van der Waals surface area contributed by atoms with Gasteiger partial charge in [-0.2, -0.15) is 0 Å². The van der Waals surface area contributed by atoms with Crippen LogP contribution < -0.4 is 5.32 Å². The van der Waals surface area contributed by atoms with Crippen LogP contribution in [-0.4, -0.2) is 88.5 Å². The van der Waals surface area contributed by atoms with Crippen molar-refractivity contribution in [1.82, 2.24) is 34.7 Å². The molecule has 0 atom stereocenters. The summed E-state index contributed by atoms with van der Waals surface area (Å²) in [7, 11) is 0. The van der Waals surface area contributed by atoms with Gasteiger partial charge in [0.2, 0.25) is 5.91 Å². The van der Waals surface area contributed by atoms with Gasteiger partial charge in [0, 0.05) is 53.4 Å². The normalized spacial score (nSPS) is 12.2. The van der Waals surface area contributed by atoms with E-state index in [0.29, 0.717) is 17.0 Å². The second-order valence-corrected chi connectivity index (χ2v) is 16.0. The highest BCUT2D eigenvalue weighted by Gasteiger charge is 2.32. The Morgan fingerprint density at radius 1 is 0.887 bits per heavy atom. The number of aliphatic hydroxyl groups is 1. The van der Waals surface area contributed by atoms with Gasteiger partial charge in [0.05, 0.1) is 17.8 Å². The Bertz CT molecular complexity index is 2100. The average Bonchev–Trinajstić information content (AvgIpc) is 3.51. The number of rotatable bonds is 11. The number of benzene rings is 2. The molecule has 5 aromatic rings. The second kappa shape index (κ2) is 15.2. The lowest BCUT2D eigenvalue weighted by Crippen LogP contribution is -2.51. The molecule has 0 unspecified atom stereocenters. The number of hydrogen-bond donors (Lipinski definition) is 3. The largest absolute Gasteiger partial charge is 0.465 e. The van der Waals surface area contributed by atoms with Crippen molar-refractivity contribution in [2.45, 2.75) is 79.6 Å². The highest BCUT2D eigenvalue weighted by molar-refractivity contribution is 5.98. The van der Waals surface area contributed by atoms with E-state index < -0.39 is 28.7 Å². The number of ether oxygens (including phenoxy) is 1. The van der Waals surface area contributed by atoms with Gasteiger partial charge in [-0.25, -0.2) is 14.6 Å². The van der Waals surface area contributed by atoms with E-state index in [1.165, 1.54) is 0 Å². The number of aliphatic hydroxyl groups excluding tert-OH is 1. The number of amides is 3. The van der Waals surface area contributed by atoms with E-state index in [2.05, 4.69) is 21.6 Å². The first-order valence-electron chi connectivity index (χ1n) is 17.5. The molecule has 0 aliphatic heterocycles. The minimum atomic E-state index is -1.17. The highest BCUT2D eigenvalue weighted by atomic mass is 16.6. The van der Waals surface area contributed by atoms with Gasteiger partial charge in [0.15, 0.2) is 11.5 Å². The molecule has 0 saturated heterocycles. The molecule has 0 bridgehead atoms. The van der Waals surface area contributed by atoms with E-state index in [0.717, 1.165) is 38.2 Å². The van der Waals surface area contributed by atoms with Crippen LogP contribution in [0.1, 0.15) is 66.8 Å². The lowest BCUT2D eigenvalue weighted by atomic mass is 9.93. The smallest absolute Gasteiger partial charge is 0.408 e. The zero-order valence-corrected chi connectivity index (χ0v) is 31.7. The zero-order valence-electron chi connectivity index (χ0n) is 31.7. The number of carbonyl (C=O) groups is 3. The zero-order chi connectivity index (χ0) is 38.7. The Labute approximate surface area is 309 Å². The topological polar surface area (TPSA) is 162 Å². The van der Waals surface area contributed by atoms with E-state index >= 15 is 0 Å². The number of fused-ring (bicyclic) bond motifs is 3. The lowest BCUT2D eigenvalue weighted by Gasteiger charge is -2.36. The monoisotopic (exact) mass is 723 g/mol. The summed E-state index contributed by atoms with van der Waals surface area (Å²) >= 11 is 0. The van der Waals surface area contributed by atoms with Gasteiger partial charge in [-0.1, -0.05) is 68.4 Å². The Morgan fingerprint density at radius 2 is 1.57 bits per heavy atom. The maximum Gasteiger partial charge on any atom is 0.408 e. The predicted octanol–water partition coefficient (Wildman–Crippen LogP) is 6.76. The highest BCUT2D eigenvalue weighted by Crippen LogP contribution is 2.35. The SMILES string of the molecule is CC(C)(CO)CN(Cc1ccc(-c2nc3ccn4c(CNC(=O)OC(C)(C)C)nnc4c3cc2-c2ccccc2)cc1)C(=O)CN(C(=O)O)C(C)(C)C. The van der Waals surface area contributed by atoms with Crippen LogP contribution in [0.25, 0.3) is 38.9 Å². The summed E-state index contributed by atoms with van der Waals surface area (Å²) in [4.78, 5) is 45.8. The van der Waals surface area contributed by atoms with Gasteiger partial charge >= 0.3 is 12.2 Å². The summed E-state index contributed by atoms with van der Waals surface area (Å²) in [6, 6.07) is 21.7. The molecule has 3 N–H and O–H groups in total. The number of nitrogens with zero attached hydrogens (tertiary/aromatic N) is 6. The van der Waals surface area contributed by atoms with Crippen LogP contribution in [0.2, 0.25) is 0 Å². The van der Waals surface area contributed by atoms with Crippen LogP contribution >= 0.6 is 0 Å². The van der Waals surface area contributed by atoms with E-state index in [4.69, 9.17) is 9.72 Å². The molecule has 53 heavy (non-hydrogen) atoms. The second-order valence-electron chi connectivity index (χ2n) is 16.0. The van der Waals surface area contributed by atoms with Crippen molar-refractivity contribution < 1.29 is 29.3 Å². The maximum absolute atomic E-state index is 13.6. The molecular weight excluding hydrogens is 674 g/mol. The fourth-order valence-electron chi connectivity index (χ4n) is 5.90. The lowest BCUT2D eigenvalue weighted by molar-refractivity contribution is -0.135. The van der Waals surface area contributed by atoms with Crippen molar-refractivity contribution in [2.75, 3.05) is 19.7 Å². The van der Waals surface area contributed by atoms with Crippen LogP contribution in [0, 0.1) is 5.41 Å². The van der Waals surface area contributed by atoms with E-state index in [1.54, 1.807) is 46.4 Å². The first-order valence-corrected chi connectivity index (χ1v) is 17.5. The Morgan fingerprint density at radius 3 is 2.17 bits per heavy atom. The molecule has 13 nitrogen and oxygen atoms in total.